The van der Waals surface area contributed by atoms with Gasteiger partial charge in [0.25, 0.3) is 0 Å². The van der Waals surface area contributed by atoms with Crippen molar-refractivity contribution in [1.29, 1.82) is 0 Å². The Hall–Kier alpha value is -3.62. The number of hydrogen-bond donors (Lipinski definition) is 4. The van der Waals surface area contributed by atoms with Crippen molar-refractivity contribution in [3.05, 3.63) is 27.9 Å². The lowest BCUT2D eigenvalue weighted by Gasteiger charge is -2.49. The quantitative estimate of drug-likeness (QED) is 0.208. The molecule has 3 fully saturated rings. The van der Waals surface area contributed by atoms with E-state index in [1.54, 1.807) is 0 Å². The van der Waals surface area contributed by atoms with Crippen LogP contribution in [-0.2, 0) is 26.1 Å². The monoisotopic (exact) mass is 724 g/mol. The number of piperazine rings is 1. The van der Waals surface area contributed by atoms with Crippen molar-refractivity contribution < 1.29 is 23.8 Å². The van der Waals surface area contributed by atoms with Gasteiger partial charge in [-0.25, -0.2) is 9.78 Å². The maximum atomic E-state index is 14.6. The molecule has 4 aliphatic rings. The smallest absolute Gasteiger partial charge is 0.411 e. The van der Waals surface area contributed by atoms with Crippen LogP contribution in [0.15, 0.2) is 11.6 Å². The lowest BCUT2D eigenvalue weighted by Crippen LogP contribution is -2.66. The number of aromatic nitrogens is 2. The van der Waals surface area contributed by atoms with Crippen molar-refractivity contribution in [2.75, 3.05) is 56.3 Å². The molecule has 0 aromatic carbocycles. The van der Waals surface area contributed by atoms with Gasteiger partial charge in [-0.05, 0) is 98.6 Å². The molecule has 1 saturated carbocycles. The van der Waals surface area contributed by atoms with Crippen molar-refractivity contribution in [2.45, 2.75) is 115 Å². The van der Waals surface area contributed by atoms with E-state index in [0.29, 0.717) is 73.5 Å². The van der Waals surface area contributed by atoms with E-state index in [2.05, 4.69) is 24.1 Å². The minimum Gasteiger partial charge on any atom is -0.474 e. The third-order valence-corrected chi connectivity index (χ3v) is 12.0. The van der Waals surface area contributed by atoms with E-state index in [9.17, 15) is 9.59 Å². The Morgan fingerprint density at radius 3 is 2.49 bits per heavy atom. The maximum absolute atomic E-state index is 14.6. The molecule has 2 saturated heterocycles. The molecule has 2 aliphatic carbocycles. The number of nitrogens with one attached hydrogen (secondary N) is 1. The highest BCUT2D eigenvalue weighted by Crippen LogP contribution is 2.53. The summed E-state index contributed by atoms with van der Waals surface area (Å²) >= 11 is 1.50. The number of thiophene rings is 1. The number of carbonyl (C=O) groups excluding carboxylic acids is 2. The largest absolute Gasteiger partial charge is 0.474 e. The summed E-state index contributed by atoms with van der Waals surface area (Å²) in [5.41, 5.74) is 20.7. The third-order valence-electron chi connectivity index (χ3n) is 10.9. The molecule has 2 aliphatic heterocycles. The van der Waals surface area contributed by atoms with Crippen molar-refractivity contribution in [3.8, 4) is 5.88 Å². The number of amides is 1. The number of morpholine rings is 1. The standard InChI is InChI=1S/C37H56N8O5S/c1-21(10-9-15-41-6)22(2)49-28-16-27(44-17-23-19-48-20-24(18-44)45(23)35(47)50-36(3,4)5)42-34(43-28)30(38)25-11-7-13-37(32(25)46)14-8-12-26-29(37)31(39)33(40)51-26/h16,21-24,41H,7-15,17-20,38-40H2,1-6H3/t21-,22-,23?,24?,37-/m0/s1. The minimum absolute atomic E-state index is 0.00245. The molecule has 6 rings (SSSR count). The van der Waals surface area contributed by atoms with Crippen LogP contribution in [-0.4, -0.2) is 90.4 Å². The fourth-order valence-electron chi connectivity index (χ4n) is 8.20. The van der Waals surface area contributed by atoms with Crippen LogP contribution in [0.3, 0.4) is 0 Å². The number of carbonyl (C=O) groups is 2. The van der Waals surface area contributed by atoms with Gasteiger partial charge in [-0.3, -0.25) is 9.69 Å². The van der Waals surface area contributed by atoms with Gasteiger partial charge in [0.05, 0.1) is 42.1 Å². The van der Waals surface area contributed by atoms with E-state index in [4.69, 9.17) is 41.4 Å². The fourth-order valence-corrected chi connectivity index (χ4v) is 9.33. The molecule has 7 N–H and O–H groups in total. The van der Waals surface area contributed by atoms with Crippen LogP contribution >= 0.6 is 11.3 Å². The van der Waals surface area contributed by atoms with E-state index < -0.39 is 11.0 Å². The number of anilines is 3. The molecule has 0 radical (unpaired) electrons. The van der Waals surface area contributed by atoms with Gasteiger partial charge in [0.1, 0.15) is 22.5 Å². The third kappa shape index (κ3) is 7.50. The van der Waals surface area contributed by atoms with Gasteiger partial charge in [0, 0.05) is 35.2 Å². The van der Waals surface area contributed by atoms with E-state index in [1.165, 1.54) is 11.3 Å². The number of ether oxygens (including phenoxy) is 3. The van der Waals surface area contributed by atoms with Crippen molar-refractivity contribution in [3.63, 3.8) is 0 Å². The molecule has 1 amide bonds. The molecule has 51 heavy (non-hydrogen) atoms. The number of ketones is 1. The van der Waals surface area contributed by atoms with Crippen molar-refractivity contribution in [1.82, 2.24) is 20.2 Å². The summed E-state index contributed by atoms with van der Waals surface area (Å²) in [6.07, 6.45) is 6.05. The number of nitrogens with two attached hydrogens (primary N) is 3. The van der Waals surface area contributed by atoms with E-state index in [0.717, 1.165) is 49.1 Å². The number of hydrogen-bond acceptors (Lipinski definition) is 13. The Morgan fingerprint density at radius 2 is 1.82 bits per heavy atom. The molecule has 4 heterocycles. The highest BCUT2D eigenvalue weighted by molar-refractivity contribution is 7.16. The Kier molecular flexibility index (Phi) is 10.8. The van der Waals surface area contributed by atoms with Gasteiger partial charge in [-0.1, -0.05) is 6.92 Å². The SMILES string of the molecule is CNCCC[C@H](C)[C@H](C)Oc1cc(N2CC3COCC(C2)N3C(=O)OC(C)(C)C)nc(C(N)=C2CCC[C@@]3(CCCc4sc(N)c(N)c43)C2=O)n1. The molecule has 5 atom stereocenters. The Balaban J connectivity index is 1.35. The van der Waals surface area contributed by atoms with Crippen LogP contribution in [0, 0.1) is 5.92 Å². The van der Waals surface area contributed by atoms with Gasteiger partial charge in [-0.2, -0.15) is 4.98 Å². The molecule has 14 heteroatoms. The van der Waals surface area contributed by atoms with Crippen LogP contribution in [0.2, 0.25) is 0 Å². The first-order chi connectivity index (χ1) is 24.2. The summed E-state index contributed by atoms with van der Waals surface area (Å²) < 4.78 is 18.2. The first-order valence-corrected chi connectivity index (χ1v) is 19.3. The number of nitrogens with zero attached hydrogens (tertiary/aromatic N) is 4. The summed E-state index contributed by atoms with van der Waals surface area (Å²) in [5, 5.41) is 3.79. The minimum atomic E-state index is -0.742. The van der Waals surface area contributed by atoms with Gasteiger partial charge in [0.15, 0.2) is 11.6 Å². The topological polar surface area (TPSA) is 184 Å². The normalized spacial score (nSPS) is 25.7. The number of fused-ring (bicyclic) bond motifs is 4. The number of aryl methyl sites for hydroxylation is 1. The predicted molar refractivity (Wildman–Crippen MR) is 201 cm³/mol. The average Bonchev–Trinajstić information content (AvgIpc) is 3.37. The molecule has 280 valence electrons. The maximum Gasteiger partial charge on any atom is 0.411 e. The molecule has 2 bridgehead atoms. The van der Waals surface area contributed by atoms with E-state index >= 15 is 0 Å². The Labute approximate surface area is 305 Å². The van der Waals surface area contributed by atoms with E-state index in [1.807, 2.05) is 38.8 Å². The Bertz CT molecular complexity index is 1640. The summed E-state index contributed by atoms with van der Waals surface area (Å²) in [5.74, 6) is 1.56. The lowest BCUT2D eigenvalue weighted by atomic mass is 9.61. The summed E-state index contributed by atoms with van der Waals surface area (Å²) in [6, 6.07) is 1.38. The highest BCUT2D eigenvalue weighted by atomic mass is 32.1. The number of allylic oxidation sites excluding steroid dienone is 1. The molecular formula is C37H56N8O5S. The van der Waals surface area contributed by atoms with Gasteiger partial charge in [-0.15, -0.1) is 11.3 Å². The Morgan fingerprint density at radius 1 is 1.14 bits per heavy atom. The molecular weight excluding hydrogens is 669 g/mol. The number of nitrogen functional groups attached to an aromatic ring is 2. The van der Waals surface area contributed by atoms with E-state index in [-0.39, 0.29) is 47.5 Å². The highest BCUT2D eigenvalue weighted by Gasteiger charge is 2.49. The van der Waals surface area contributed by atoms with Crippen LogP contribution in [0.4, 0.5) is 21.3 Å². The van der Waals surface area contributed by atoms with Crippen molar-refractivity contribution >= 4 is 45.4 Å². The van der Waals surface area contributed by atoms with Crippen LogP contribution in [0.1, 0.15) is 95.8 Å². The molecule has 2 aromatic rings. The molecule has 1 spiro atoms. The zero-order valence-corrected chi connectivity index (χ0v) is 31.9. The zero-order valence-electron chi connectivity index (χ0n) is 31.0. The second kappa shape index (κ2) is 14.8. The first kappa shape index (κ1) is 37.1. The number of Topliss-reactive ketones (excluding diaryl/α,β-unsaturated/α-hetero) is 1. The summed E-state index contributed by atoms with van der Waals surface area (Å²) in [6.45, 7) is 12.5. The predicted octanol–water partition coefficient (Wildman–Crippen LogP) is 4.63. The van der Waals surface area contributed by atoms with Gasteiger partial charge in [0.2, 0.25) is 5.88 Å². The molecule has 2 unspecified atom stereocenters. The molecule has 13 nitrogen and oxygen atoms in total. The van der Waals surface area contributed by atoms with Crippen LogP contribution in [0.25, 0.3) is 5.70 Å². The second-order valence-corrected chi connectivity index (χ2v) is 16.9. The first-order valence-electron chi connectivity index (χ1n) is 18.5. The van der Waals surface area contributed by atoms with Gasteiger partial charge >= 0.3 is 6.09 Å². The van der Waals surface area contributed by atoms with Crippen molar-refractivity contribution in [2.24, 2.45) is 11.7 Å². The zero-order chi connectivity index (χ0) is 36.7. The second-order valence-electron chi connectivity index (χ2n) is 15.8. The summed E-state index contributed by atoms with van der Waals surface area (Å²) in [7, 11) is 1.96. The van der Waals surface area contributed by atoms with Crippen LogP contribution in [0.5, 0.6) is 5.88 Å². The van der Waals surface area contributed by atoms with Crippen LogP contribution < -0.4 is 32.2 Å². The number of rotatable bonds is 9. The average molecular weight is 725 g/mol. The summed E-state index contributed by atoms with van der Waals surface area (Å²) in [4.78, 5) is 42.9. The van der Waals surface area contributed by atoms with Gasteiger partial charge < -0.3 is 41.6 Å². The fraction of sp³-hybridized carbons (Fsp3) is 0.676. The molecule has 2 aromatic heterocycles. The lowest BCUT2D eigenvalue weighted by molar-refractivity contribution is -0.122.